The van der Waals surface area contributed by atoms with Crippen molar-refractivity contribution >= 4 is 29.4 Å². The van der Waals surface area contributed by atoms with Gasteiger partial charge in [-0.1, -0.05) is 63.6 Å². The molecule has 8 aliphatic rings. The van der Waals surface area contributed by atoms with E-state index >= 15 is 0 Å². The van der Waals surface area contributed by atoms with Crippen LogP contribution in [-0.4, -0.2) is 88.7 Å². The van der Waals surface area contributed by atoms with Crippen LogP contribution >= 0.6 is 0 Å². The summed E-state index contributed by atoms with van der Waals surface area (Å²) in [6.45, 7) is 7.44. The van der Waals surface area contributed by atoms with Crippen LogP contribution in [0.1, 0.15) is 122 Å². The van der Waals surface area contributed by atoms with Gasteiger partial charge in [0.2, 0.25) is 11.8 Å². The average Bonchev–Trinajstić information content (AvgIpc) is 3.74. The van der Waals surface area contributed by atoms with E-state index in [0.717, 1.165) is 68.9 Å². The van der Waals surface area contributed by atoms with Crippen molar-refractivity contribution in [2.75, 3.05) is 19.8 Å². The molecule has 6 saturated carbocycles. The molecule has 1 aromatic carbocycles. The zero-order chi connectivity index (χ0) is 43.5. The highest BCUT2D eigenvalue weighted by molar-refractivity contribution is 6.01. The molecule has 2 bridgehead atoms. The fraction of sp³-hybridized carbons (Fsp3) is 0.688. The first-order valence-electron chi connectivity index (χ1n) is 22.6. The predicted octanol–water partition coefficient (Wildman–Crippen LogP) is 4.46. The van der Waals surface area contributed by atoms with Gasteiger partial charge in [-0.3, -0.25) is 24.0 Å². The fourth-order valence-corrected chi connectivity index (χ4v) is 13.2. The number of esters is 1. The summed E-state index contributed by atoms with van der Waals surface area (Å²) in [5, 5.41) is 28.4. The van der Waals surface area contributed by atoms with E-state index < -0.39 is 65.2 Å². The number of rotatable bonds is 14. The van der Waals surface area contributed by atoms with Gasteiger partial charge in [0.05, 0.1) is 25.4 Å². The summed E-state index contributed by atoms with van der Waals surface area (Å²) in [5.74, 6) is -1.37. The van der Waals surface area contributed by atoms with Gasteiger partial charge in [0.1, 0.15) is 12.6 Å². The number of ether oxygens (including phenoxy) is 3. The molecule has 0 aromatic heterocycles. The maximum atomic E-state index is 14.0. The van der Waals surface area contributed by atoms with Crippen LogP contribution in [0.2, 0.25) is 0 Å². The Morgan fingerprint density at radius 2 is 1.74 bits per heavy atom. The summed E-state index contributed by atoms with van der Waals surface area (Å²) in [4.78, 5) is 64.4. The number of carbonyl (C=O) groups excluding carboxylic acids is 5. The summed E-state index contributed by atoms with van der Waals surface area (Å²) < 4.78 is 18.8. The van der Waals surface area contributed by atoms with Crippen molar-refractivity contribution in [3.8, 4) is 0 Å². The number of benzene rings is 1. The van der Waals surface area contributed by atoms with Crippen LogP contribution in [0, 0.1) is 39.9 Å². The van der Waals surface area contributed by atoms with Crippen LogP contribution in [0.4, 0.5) is 0 Å². The second-order valence-corrected chi connectivity index (χ2v) is 20.5. The number of hydrogen-bond donors (Lipinski definition) is 5. The number of amides is 2. The summed E-state index contributed by atoms with van der Waals surface area (Å²) in [5.41, 5.74) is 5.70. The van der Waals surface area contributed by atoms with Gasteiger partial charge < -0.3 is 40.8 Å². The Balaban J connectivity index is 0.905. The quantitative estimate of drug-likeness (QED) is 0.166. The Bertz CT molecular complexity index is 1950. The minimum Gasteiger partial charge on any atom is -0.465 e. The third kappa shape index (κ3) is 7.64. The molecule has 1 aromatic rings. The van der Waals surface area contributed by atoms with Crippen molar-refractivity contribution in [2.45, 2.75) is 147 Å². The molecule has 0 unspecified atom stereocenters. The lowest BCUT2D eigenvalue weighted by atomic mass is 9.46. The van der Waals surface area contributed by atoms with Crippen LogP contribution in [0.25, 0.3) is 0 Å². The molecule has 13 nitrogen and oxygen atoms in total. The molecule has 0 radical (unpaired) electrons. The van der Waals surface area contributed by atoms with Gasteiger partial charge in [0, 0.05) is 34.3 Å². The molecule has 10 atom stereocenters. The number of hydrogen-bond acceptors (Lipinski definition) is 11. The molecule has 332 valence electrons. The minimum absolute atomic E-state index is 0.0126. The molecule has 6 N–H and O–H groups in total. The third-order valence-electron chi connectivity index (χ3n) is 16.5. The van der Waals surface area contributed by atoms with E-state index in [1.807, 2.05) is 39.0 Å². The first-order valence-corrected chi connectivity index (χ1v) is 22.6. The van der Waals surface area contributed by atoms with E-state index in [9.17, 15) is 34.2 Å². The third-order valence-corrected chi connectivity index (χ3v) is 16.5. The number of nitrogens with two attached hydrogens (primary N) is 1. The van der Waals surface area contributed by atoms with Crippen molar-refractivity contribution in [1.29, 1.82) is 0 Å². The Hall–Kier alpha value is -3.75. The number of carbonyl (C=O) groups is 5. The number of nitrogens with one attached hydrogen (secondary N) is 2. The lowest BCUT2D eigenvalue weighted by molar-refractivity contribution is -0.201. The lowest BCUT2D eigenvalue weighted by Crippen LogP contribution is -2.63. The Labute approximate surface area is 359 Å². The summed E-state index contributed by atoms with van der Waals surface area (Å²) in [6.07, 6.45) is 12.0. The van der Waals surface area contributed by atoms with Crippen molar-refractivity contribution < 1.29 is 48.4 Å². The van der Waals surface area contributed by atoms with Crippen LogP contribution in [0.15, 0.2) is 48.1 Å². The number of ketones is 2. The molecule has 2 amide bonds. The van der Waals surface area contributed by atoms with Crippen molar-refractivity contribution in [3.05, 3.63) is 59.2 Å². The Morgan fingerprint density at radius 1 is 1.03 bits per heavy atom. The standard InChI is InChI=1S/C48H65N3O10/c1-28(2)27-59-40(57)12-11-35(50-39(56)25-49)42(58)51-47-18-15-46(16-19-47,17-20-47)23-29-5-7-30(8-6-29)43-60-38-22-34-33-10-9-31-21-32(53)13-14-44(31,3)41(33)36(54)24-45(34,4)48(38,61-43)37(55)26-52/h5-8,13-14,21,28,33-36,38,41,43,52,54H,9-12,15-20,22-27,49H2,1-4H3,(H,50,56)(H,51,58)/t33-,34-,35-,36-,38+,41+,43+,44-,45-,46?,47?,48+/m0/s1. The van der Waals surface area contributed by atoms with Gasteiger partial charge in [0.15, 0.2) is 23.5 Å². The van der Waals surface area contributed by atoms with E-state index in [1.54, 1.807) is 12.2 Å². The van der Waals surface area contributed by atoms with E-state index in [4.69, 9.17) is 19.9 Å². The van der Waals surface area contributed by atoms with Gasteiger partial charge in [-0.25, -0.2) is 0 Å². The fourth-order valence-electron chi connectivity index (χ4n) is 13.2. The molecule has 9 rings (SSSR count). The van der Waals surface area contributed by atoms with Crippen LogP contribution < -0.4 is 16.4 Å². The number of aliphatic hydroxyl groups excluding tert-OH is 2. The minimum atomic E-state index is -1.41. The first kappa shape index (κ1) is 43.9. The van der Waals surface area contributed by atoms with Crippen molar-refractivity contribution in [3.63, 3.8) is 0 Å². The molecule has 0 spiro atoms. The summed E-state index contributed by atoms with van der Waals surface area (Å²) >= 11 is 0. The highest BCUT2D eigenvalue weighted by atomic mass is 16.7. The SMILES string of the molecule is CC(C)COC(=O)CC[C@H](NC(=O)CN)C(=O)NC12CCC(Cc3ccc([C@@H]4O[C@@H]5C[C@H]6[C@@H]7CCC8=CC(=O)C=C[C@]8(C)[C@H]7[C@@H](O)C[C@]6(C)[C@]5(C(=O)CO)O4)cc3)(CC1)CC2. The van der Waals surface area contributed by atoms with Gasteiger partial charge in [-0.05, 0) is 118 Å². The monoisotopic (exact) mass is 843 g/mol. The second-order valence-electron chi connectivity index (χ2n) is 20.5. The zero-order valence-electron chi connectivity index (χ0n) is 36.2. The van der Waals surface area contributed by atoms with Crippen molar-refractivity contribution in [1.82, 2.24) is 10.6 Å². The largest absolute Gasteiger partial charge is 0.465 e. The molecule has 1 saturated heterocycles. The average molecular weight is 844 g/mol. The predicted molar refractivity (Wildman–Crippen MR) is 224 cm³/mol. The first-order chi connectivity index (χ1) is 29.0. The smallest absolute Gasteiger partial charge is 0.305 e. The van der Waals surface area contributed by atoms with E-state index in [2.05, 4.69) is 29.7 Å². The van der Waals surface area contributed by atoms with Crippen LogP contribution in [0.3, 0.4) is 0 Å². The number of Topliss-reactive ketones (excluding diaryl/α,β-unsaturated/α-hetero) is 1. The van der Waals surface area contributed by atoms with Gasteiger partial charge >= 0.3 is 5.97 Å². The highest BCUT2D eigenvalue weighted by Gasteiger charge is 2.76. The summed E-state index contributed by atoms with van der Waals surface area (Å²) in [7, 11) is 0. The molecule has 1 aliphatic heterocycles. The van der Waals surface area contributed by atoms with Crippen molar-refractivity contribution in [2.24, 2.45) is 45.7 Å². The summed E-state index contributed by atoms with van der Waals surface area (Å²) in [6, 6.07) is 7.36. The molecular formula is C48H65N3O10. The number of aliphatic hydroxyl groups is 2. The lowest BCUT2D eigenvalue weighted by Gasteiger charge is -2.59. The number of fused-ring (bicyclic) bond motifs is 10. The normalized spacial score (nSPS) is 38.8. The molecule has 1 heterocycles. The number of allylic oxidation sites excluding steroid dienone is 4. The topological polar surface area (TPSA) is 204 Å². The zero-order valence-corrected chi connectivity index (χ0v) is 36.2. The molecule has 7 fully saturated rings. The van der Waals surface area contributed by atoms with Gasteiger partial charge in [0.25, 0.3) is 0 Å². The Kier molecular flexibility index (Phi) is 11.8. The van der Waals surface area contributed by atoms with Crippen LogP contribution in [-0.2, 0) is 44.6 Å². The van der Waals surface area contributed by atoms with Gasteiger partial charge in [-0.2, -0.15) is 0 Å². The molecule has 7 aliphatic carbocycles. The maximum absolute atomic E-state index is 14.0. The van der Waals surface area contributed by atoms with E-state index in [1.165, 1.54) is 5.56 Å². The second kappa shape index (κ2) is 16.4. The van der Waals surface area contributed by atoms with Gasteiger partial charge in [-0.15, -0.1) is 0 Å². The maximum Gasteiger partial charge on any atom is 0.305 e. The molecular weight excluding hydrogens is 779 g/mol. The Morgan fingerprint density at radius 3 is 2.39 bits per heavy atom. The highest BCUT2D eigenvalue weighted by Crippen LogP contribution is 2.70. The van der Waals surface area contributed by atoms with Crippen LogP contribution in [0.5, 0.6) is 0 Å². The van der Waals surface area contributed by atoms with E-state index in [-0.39, 0.29) is 65.7 Å². The molecule has 61 heavy (non-hydrogen) atoms. The van der Waals surface area contributed by atoms with E-state index in [0.29, 0.717) is 19.4 Å². The molecule has 13 heteroatoms.